The molecule has 0 aliphatic carbocycles. The third kappa shape index (κ3) is 1.37. The summed E-state index contributed by atoms with van der Waals surface area (Å²) in [6, 6.07) is 1.65. The van der Waals surface area contributed by atoms with E-state index in [1.54, 1.807) is 6.07 Å². The summed E-state index contributed by atoms with van der Waals surface area (Å²) in [5.41, 5.74) is 1.37. The Bertz CT molecular complexity index is 406. The summed E-state index contributed by atoms with van der Waals surface area (Å²) >= 11 is 5.69. The van der Waals surface area contributed by atoms with Crippen LogP contribution in [0.4, 0.5) is 0 Å². The van der Waals surface area contributed by atoms with Gasteiger partial charge < -0.3 is 9.69 Å². The number of amides is 1. The van der Waals surface area contributed by atoms with Gasteiger partial charge in [0.1, 0.15) is 11.4 Å². The van der Waals surface area contributed by atoms with E-state index in [-0.39, 0.29) is 12.5 Å². The van der Waals surface area contributed by atoms with Crippen LogP contribution in [-0.2, 0) is 11.3 Å². The van der Waals surface area contributed by atoms with E-state index in [4.69, 9.17) is 11.6 Å². The normalized spacial score (nSPS) is 14.4. The number of aldehydes is 1. The Labute approximate surface area is 85.5 Å². The van der Waals surface area contributed by atoms with Gasteiger partial charge in [0.15, 0.2) is 0 Å². The fourth-order valence-electron chi connectivity index (χ4n) is 1.48. The maximum absolute atomic E-state index is 11.6. The molecule has 0 unspecified atom stereocenters. The lowest BCUT2D eigenvalue weighted by Gasteiger charge is -2.09. The summed E-state index contributed by atoms with van der Waals surface area (Å²) in [4.78, 5) is 27.2. The smallest absolute Gasteiger partial charge is 0.256 e. The van der Waals surface area contributed by atoms with Crippen molar-refractivity contribution < 1.29 is 9.59 Å². The molecule has 1 aromatic heterocycles. The number of carbonyl (C=O) groups excluding carboxylic acids is 2. The maximum atomic E-state index is 11.6. The fraction of sp³-hybridized carbons (Fsp3) is 0.222. The second kappa shape index (κ2) is 3.38. The van der Waals surface area contributed by atoms with Crippen molar-refractivity contribution in [2.75, 3.05) is 6.54 Å². The van der Waals surface area contributed by atoms with E-state index in [2.05, 4.69) is 4.98 Å². The van der Waals surface area contributed by atoms with Gasteiger partial charge in [0.25, 0.3) is 5.91 Å². The molecule has 1 amide bonds. The van der Waals surface area contributed by atoms with Gasteiger partial charge in [-0.2, -0.15) is 0 Å². The monoisotopic (exact) mass is 210 g/mol. The summed E-state index contributed by atoms with van der Waals surface area (Å²) in [6.07, 6.45) is 2.16. The molecule has 0 N–H and O–H groups in total. The molecule has 5 heteroatoms. The Morgan fingerprint density at radius 2 is 2.43 bits per heavy atom. The lowest BCUT2D eigenvalue weighted by atomic mass is 10.2. The SMILES string of the molecule is O=CCN1Cc2cc(Cl)ncc2C1=O. The first kappa shape index (κ1) is 9.15. The molecule has 0 aromatic carbocycles. The molecule has 2 rings (SSSR count). The highest BCUT2D eigenvalue weighted by Gasteiger charge is 2.27. The number of halogens is 1. The van der Waals surface area contributed by atoms with E-state index >= 15 is 0 Å². The zero-order chi connectivity index (χ0) is 10.1. The second-order valence-corrected chi connectivity index (χ2v) is 3.40. The minimum absolute atomic E-state index is 0.116. The van der Waals surface area contributed by atoms with Crippen molar-refractivity contribution in [1.82, 2.24) is 9.88 Å². The van der Waals surface area contributed by atoms with E-state index in [9.17, 15) is 9.59 Å². The maximum Gasteiger partial charge on any atom is 0.256 e. The van der Waals surface area contributed by atoms with Gasteiger partial charge in [-0.15, -0.1) is 0 Å². The van der Waals surface area contributed by atoms with E-state index in [0.29, 0.717) is 23.5 Å². The van der Waals surface area contributed by atoms with Gasteiger partial charge >= 0.3 is 0 Å². The van der Waals surface area contributed by atoms with Crippen LogP contribution >= 0.6 is 11.6 Å². The molecule has 72 valence electrons. The first-order valence-corrected chi connectivity index (χ1v) is 4.47. The Hall–Kier alpha value is -1.42. The van der Waals surface area contributed by atoms with Crippen LogP contribution < -0.4 is 0 Å². The van der Waals surface area contributed by atoms with Gasteiger partial charge in [-0.1, -0.05) is 11.6 Å². The minimum Gasteiger partial charge on any atom is -0.327 e. The third-order valence-corrected chi connectivity index (χ3v) is 2.34. The molecule has 0 saturated heterocycles. The molecule has 0 saturated carbocycles. The average molecular weight is 211 g/mol. The van der Waals surface area contributed by atoms with Crippen molar-refractivity contribution in [3.05, 3.63) is 28.5 Å². The standard InChI is InChI=1S/C9H7ClN2O2/c10-8-3-6-5-12(1-2-13)9(14)7(6)4-11-8/h2-4H,1,5H2. The Morgan fingerprint density at radius 1 is 1.64 bits per heavy atom. The number of carbonyl (C=O) groups is 2. The summed E-state index contributed by atoms with van der Waals surface area (Å²) in [6.45, 7) is 0.556. The molecular formula is C9H7ClN2O2. The van der Waals surface area contributed by atoms with Crippen LogP contribution in [0.15, 0.2) is 12.3 Å². The van der Waals surface area contributed by atoms with Crippen molar-refractivity contribution in [1.29, 1.82) is 0 Å². The van der Waals surface area contributed by atoms with Crippen LogP contribution in [0.25, 0.3) is 0 Å². The summed E-state index contributed by atoms with van der Waals surface area (Å²) in [5.74, 6) is -0.156. The Morgan fingerprint density at radius 3 is 3.14 bits per heavy atom. The lowest BCUT2D eigenvalue weighted by Crippen LogP contribution is -2.25. The Balaban J connectivity index is 2.35. The van der Waals surface area contributed by atoms with Crippen molar-refractivity contribution in [3.63, 3.8) is 0 Å². The van der Waals surface area contributed by atoms with E-state index in [1.165, 1.54) is 11.1 Å². The fourth-order valence-corrected chi connectivity index (χ4v) is 1.66. The number of hydrogen-bond acceptors (Lipinski definition) is 3. The molecule has 1 aromatic rings. The van der Waals surface area contributed by atoms with Gasteiger partial charge in [-0.05, 0) is 11.6 Å². The molecule has 0 spiro atoms. The number of rotatable bonds is 2. The first-order chi connectivity index (χ1) is 6.72. The molecule has 2 heterocycles. The minimum atomic E-state index is -0.156. The number of pyridine rings is 1. The van der Waals surface area contributed by atoms with Gasteiger partial charge in [-0.3, -0.25) is 4.79 Å². The van der Waals surface area contributed by atoms with Gasteiger partial charge in [0.2, 0.25) is 0 Å². The van der Waals surface area contributed by atoms with Gasteiger partial charge in [-0.25, -0.2) is 4.98 Å². The molecule has 0 radical (unpaired) electrons. The highest BCUT2D eigenvalue weighted by atomic mass is 35.5. The topological polar surface area (TPSA) is 50.3 Å². The molecule has 1 aliphatic heterocycles. The molecule has 0 fully saturated rings. The number of aromatic nitrogens is 1. The van der Waals surface area contributed by atoms with E-state index in [1.807, 2.05) is 0 Å². The largest absolute Gasteiger partial charge is 0.327 e. The second-order valence-electron chi connectivity index (χ2n) is 3.02. The first-order valence-electron chi connectivity index (χ1n) is 4.09. The van der Waals surface area contributed by atoms with E-state index < -0.39 is 0 Å². The van der Waals surface area contributed by atoms with Crippen LogP contribution in [0.2, 0.25) is 5.15 Å². The summed E-state index contributed by atoms with van der Waals surface area (Å²) in [7, 11) is 0. The van der Waals surface area contributed by atoms with Crippen LogP contribution in [0.5, 0.6) is 0 Å². The van der Waals surface area contributed by atoms with Crippen molar-refractivity contribution in [3.8, 4) is 0 Å². The van der Waals surface area contributed by atoms with Gasteiger partial charge in [0.05, 0.1) is 12.1 Å². The molecule has 14 heavy (non-hydrogen) atoms. The molecular weight excluding hydrogens is 204 g/mol. The van der Waals surface area contributed by atoms with Crippen LogP contribution in [0.3, 0.4) is 0 Å². The van der Waals surface area contributed by atoms with Crippen molar-refractivity contribution >= 4 is 23.8 Å². The van der Waals surface area contributed by atoms with Crippen molar-refractivity contribution in [2.45, 2.75) is 6.54 Å². The number of nitrogens with zero attached hydrogens (tertiary/aromatic N) is 2. The average Bonchev–Trinajstić information content (AvgIpc) is 2.44. The quantitative estimate of drug-likeness (QED) is 0.538. The van der Waals surface area contributed by atoms with Crippen LogP contribution in [-0.4, -0.2) is 28.6 Å². The molecule has 4 nitrogen and oxygen atoms in total. The number of fused-ring (bicyclic) bond motifs is 1. The van der Waals surface area contributed by atoms with Crippen LogP contribution in [0, 0.1) is 0 Å². The molecule has 0 atom stereocenters. The summed E-state index contributed by atoms with van der Waals surface area (Å²) in [5, 5.41) is 0.365. The molecule has 0 bridgehead atoms. The van der Waals surface area contributed by atoms with E-state index in [0.717, 1.165) is 5.56 Å². The predicted octanol–water partition coefficient (Wildman–Crippen LogP) is 0.890. The Kier molecular flexibility index (Phi) is 2.21. The summed E-state index contributed by atoms with van der Waals surface area (Å²) < 4.78 is 0. The van der Waals surface area contributed by atoms with Gasteiger partial charge in [0, 0.05) is 12.7 Å². The zero-order valence-electron chi connectivity index (χ0n) is 7.24. The lowest BCUT2D eigenvalue weighted by molar-refractivity contribution is -0.108. The third-order valence-electron chi connectivity index (χ3n) is 2.13. The molecule has 1 aliphatic rings. The predicted molar refractivity (Wildman–Crippen MR) is 50.1 cm³/mol. The number of hydrogen-bond donors (Lipinski definition) is 0. The van der Waals surface area contributed by atoms with Crippen LogP contribution in [0.1, 0.15) is 15.9 Å². The zero-order valence-corrected chi connectivity index (χ0v) is 7.99. The highest BCUT2D eigenvalue weighted by molar-refractivity contribution is 6.29. The van der Waals surface area contributed by atoms with Crippen molar-refractivity contribution in [2.24, 2.45) is 0 Å². The highest BCUT2D eigenvalue weighted by Crippen LogP contribution is 2.23.